The summed E-state index contributed by atoms with van der Waals surface area (Å²) in [7, 11) is 0. The Morgan fingerprint density at radius 3 is 2.50 bits per heavy atom. The summed E-state index contributed by atoms with van der Waals surface area (Å²) in [5.41, 5.74) is 3.19. The van der Waals surface area contributed by atoms with Crippen molar-refractivity contribution < 1.29 is 4.79 Å². The molecule has 4 rings (SSSR count). The number of carbonyl (C=O) groups excluding carboxylic acids is 1. The summed E-state index contributed by atoms with van der Waals surface area (Å²) in [5, 5.41) is 8.33. The number of aromatic nitrogens is 4. The van der Waals surface area contributed by atoms with E-state index >= 15 is 0 Å². The number of anilines is 1. The first kappa shape index (κ1) is 22.2. The maximum absolute atomic E-state index is 12.9. The minimum absolute atomic E-state index is 0.0817. The van der Waals surface area contributed by atoms with E-state index in [0.717, 1.165) is 55.6 Å². The van der Waals surface area contributed by atoms with Crippen LogP contribution in [0.3, 0.4) is 0 Å². The molecule has 1 N–H and O–H groups in total. The molecular weight excluding hydrogens is 426 g/mol. The Kier molecular flexibility index (Phi) is 7.02. The van der Waals surface area contributed by atoms with Crippen LogP contribution in [-0.2, 0) is 6.54 Å². The summed E-state index contributed by atoms with van der Waals surface area (Å²) in [6.45, 7) is 9.33. The normalized spacial score (nSPS) is 14.5. The number of halogens is 1. The highest BCUT2D eigenvalue weighted by Crippen LogP contribution is 2.19. The number of carbonyl (C=O) groups is 1. The third kappa shape index (κ3) is 5.08. The van der Waals surface area contributed by atoms with Gasteiger partial charge in [-0.2, -0.15) is 5.10 Å². The number of hydrogen-bond donors (Lipinski definition) is 1. The lowest BCUT2D eigenvalue weighted by molar-refractivity contribution is 0.0946. The molecule has 3 heterocycles. The van der Waals surface area contributed by atoms with E-state index in [4.69, 9.17) is 11.6 Å². The summed E-state index contributed by atoms with van der Waals surface area (Å²) >= 11 is 6.29. The third-order valence-corrected chi connectivity index (χ3v) is 6.18. The zero-order valence-electron chi connectivity index (χ0n) is 18.5. The van der Waals surface area contributed by atoms with E-state index < -0.39 is 0 Å². The number of rotatable bonds is 7. The fourth-order valence-electron chi connectivity index (χ4n) is 4.01. The zero-order chi connectivity index (χ0) is 22.5. The summed E-state index contributed by atoms with van der Waals surface area (Å²) in [6, 6.07) is 9.52. The van der Waals surface area contributed by atoms with Crippen molar-refractivity contribution >= 4 is 23.5 Å². The van der Waals surface area contributed by atoms with Crippen LogP contribution in [0.5, 0.6) is 0 Å². The molecule has 168 valence electrons. The molecule has 1 aliphatic rings. The van der Waals surface area contributed by atoms with Gasteiger partial charge in [-0.3, -0.25) is 14.4 Å². The Morgan fingerprint density at radius 2 is 1.78 bits per heavy atom. The van der Waals surface area contributed by atoms with Crippen LogP contribution in [-0.4, -0.2) is 69.8 Å². The second-order valence-corrected chi connectivity index (χ2v) is 8.34. The van der Waals surface area contributed by atoms with Gasteiger partial charge in [-0.15, -0.1) is 0 Å². The first-order chi connectivity index (χ1) is 15.5. The van der Waals surface area contributed by atoms with Crippen molar-refractivity contribution in [3.63, 3.8) is 0 Å². The molecular formula is C23H28ClN7O. The fourth-order valence-corrected chi connectivity index (χ4v) is 4.20. The van der Waals surface area contributed by atoms with Gasteiger partial charge in [0.25, 0.3) is 5.91 Å². The van der Waals surface area contributed by atoms with Gasteiger partial charge in [0.05, 0.1) is 17.8 Å². The molecule has 1 fully saturated rings. The molecule has 1 aromatic carbocycles. The molecule has 0 aliphatic carbocycles. The average Bonchev–Trinajstić information content (AvgIpc) is 3.09. The number of piperazine rings is 1. The van der Waals surface area contributed by atoms with Crippen molar-refractivity contribution in [2.75, 3.05) is 44.2 Å². The summed E-state index contributed by atoms with van der Waals surface area (Å²) in [6.07, 6.45) is 3.54. The highest BCUT2D eigenvalue weighted by Gasteiger charge is 2.21. The van der Waals surface area contributed by atoms with Crippen LogP contribution in [0, 0.1) is 13.8 Å². The lowest BCUT2D eigenvalue weighted by atomic mass is 10.1. The minimum atomic E-state index is -0.0817. The predicted molar refractivity (Wildman–Crippen MR) is 125 cm³/mol. The largest absolute Gasteiger partial charge is 0.351 e. The van der Waals surface area contributed by atoms with E-state index in [2.05, 4.69) is 30.2 Å². The van der Waals surface area contributed by atoms with E-state index in [9.17, 15) is 4.79 Å². The Balaban J connectivity index is 1.28. The number of aryl methyl sites for hydroxylation is 1. The SMILES string of the molecule is Cc1nn(Cc2ccccc2Cl)c(C)c1C(=O)NCCN1CCN(c2ncccn2)CC1. The maximum Gasteiger partial charge on any atom is 0.255 e. The molecule has 0 spiro atoms. The quantitative estimate of drug-likeness (QED) is 0.592. The molecule has 3 aromatic rings. The molecule has 0 unspecified atom stereocenters. The molecule has 1 aliphatic heterocycles. The first-order valence-corrected chi connectivity index (χ1v) is 11.2. The number of hydrogen-bond acceptors (Lipinski definition) is 6. The van der Waals surface area contributed by atoms with Crippen molar-refractivity contribution in [1.82, 2.24) is 30.0 Å². The van der Waals surface area contributed by atoms with Gasteiger partial charge in [0.15, 0.2) is 0 Å². The van der Waals surface area contributed by atoms with Crippen molar-refractivity contribution in [1.29, 1.82) is 0 Å². The minimum Gasteiger partial charge on any atom is -0.351 e. The summed E-state index contributed by atoms with van der Waals surface area (Å²) < 4.78 is 1.84. The summed E-state index contributed by atoms with van der Waals surface area (Å²) in [4.78, 5) is 26.0. The second kappa shape index (κ2) is 10.1. The lowest BCUT2D eigenvalue weighted by Gasteiger charge is -2.34. The van der Waals surface area contributed by atoms with Crippen LogP contribution in [0.15, 0.2) is 42.7 Å². The van der Waals surface area contributed by atoms with Gasteiger partial charge in [-0.1, -0.05) is 29.8 Å². The Morgan fingerprint density at radius 1 is 1.06 bits per heavy atom. The zero-order valence-corrected chi connectivity index (χ0v) is 19.2. The lowest BCUT2D eigenvalue weighted by Crippen LogP contribution is -2.49. The van der Waals surface area contributed by atoms with Gasteiger partial charge in [0.1, 0.15) is 0 Å². The van der Waals surface area contributed by atoms with E-state index in [0.29, 0.717) is 23.7 Å². The molecule has 8 nitrogen and oxygen atoms in total. The maximum atomic E-state index is 12.9. The highest BCUT2D eigenvalue weighted by molar-refractivity contribution is 6.31. The van der Waals surface area contributed by atoms with Gasteiger partial charge in [0.2, 0.25) is 5.95 Å². The Labute approximate surface area is 193 Å². The Bertz CT molecular complexity index is 1060. The van der Waals surface area contributed by atoms with Gasteiger partial charge in [-0.25, -0.2) is 9.97 Å². The van der Waals surface area contributed by atoms with Crippen molar-refractivity contribution in [3.8, 4) is 0 Å². The van der Waals surface area contributed by atoms with Crippen LogP contribution >= 0.6 is 11.6 Å². The highest BCUT2D eigenvalue weighted by atomic mass is 35.5. The van der Waals surface area contributed by atoms with E-state index in [1.165, 1.54) is 0 Å². The molecule has 1 saturated heterocycles. The topological polar surface area (TPSA) is 79.2 Å². The molecule has 2 aromatic heterocycles. The van der Waals surface area contributed by atoms with E-state index in [1.54, 1.807) is 12.4 Å². The van der Waals surface area contributed by atoms with Gasteiger partial charge in [-0.05, 0) is 31.5 Å². The van der Waals surface area contributed by atoms with Crippen LogP contribution < -0.4 is 10.2 Å². The second-order valence-electron chi connectivity index (χ2n) is 7.93. The fraction of sp³-hybridized carbons (Fsp3) is 0.391. The number of nitrogens with one attached hydrogen (secondary N) is 1. The van der Waals surface area contributed by atoms with Gasteiger partial charge in [0, 0.05) is 62.4 Å². The number of amides is 1. The number of nitrogens with zero attached hydrogens (tertiary/aromatic N) is 6. The standard InChI is InChI=1S/C23H28ClN7O/c1-17-21(18(2)31(28-17)16-19-6-3-4-7-20(19)24)22(32)25-10-11-29-12-14-30(15-13-29)23-26-8-5-9-27-23/h3-9H,10-16H2,1-2H3,(H,25,32). The molecule has 9 heteroatoms. The van der Waals surface area contributed by atoms with Crippen molar-refractivity contribution in [3.05, 3.63) is 70.3 Å². The summed E-state index contributed by atoms with van der Waals surface area (Å²) in [5.74, 6) is 0.696. The number of benzene rings is 1. The smallest absolute Gasteiger partial charge is 0.255 e. The van der Waals surface area contributed by atoms with Crippen LogP contribution in [0.2, 0.25) is 5.02 Å². The van der Waals surface area contributed by atoms with Crippen molar-refractivity contribution in [2.45, 2.75) is 20.4 Å². The van der Waals surface area contributed by atoms with E-state index in [1.807, 2.05) is 48.9 Å². The molecule has 0 atom stereocenters. The molecule has 0 bridgehead atoms. The van der Waals surface area contributed by atoms with E-state index in [-0.39, 0.29) is 5.91 Å². The molecule has 0 saturated carbocycles. The monoisotopic (exact) mass is 453 g/mol. The van der Waals surface area contributed by atoms with Gasteiger partial charge >= 0.3 is 0 Å². The molecule has 32 heavy (non-hydrogen) atoms. The van der Waals surface area contributed by atoms with Crippen LogP contribution in [0.4, 0.5) is 5.95 Å². The third-order valence-electron chi connectivity index (χ3n) is 5.81. The van der Waals surface area contributed by atoms with Gasteiger partial charge < -0.3 is 10.2 Å². The Hall–Kier alpha value is -2.97. The first-order valence-electron chi connectivity index (χ1n) is 10.8. The van der Waals surface area contributed by atoms with Crippen LogP contribution in [0.1, 0.15) is 27.3 Å². The predicted octanol–water partition coefficient (Wildman–Crippen LogP) is 2.54. The van der Waals surface area contributed by atoms with Crippen LogP contribution in [0.25, 0.3) is 0 Å². The molecule has 1 amide bonds. The average molecular weight is 454 g/mol. The molecule has 0 radical (unpaired) electrons. The van der Waals surface area contributed by atoms with Crippen molar-refractivity contribution in [2.24, 2.45) is 0 Å².